The average molecular weight is 237 g/mol. The molecule has 1 unspecified atom stereocenters. The molecule has 0 heterocycles. The topological polar surface area (TPSA) is 46.5 Å². The van der Waals surface area contributed by atoms with Crippen LogP contribution in [0, 0.1) is 11.6 Å². The molecule has 0 saturated carbocycles. The lowest BCUT2D eigenvalue weighted by Gasteiger charge is -2.09. The Kier molecular flexibility index (Phi) is 3.60. The summed E-state index contributed by atoms with van der Waals surface area (Å²) in [6.07, 6.45) is -1.68. The Morgan fingerprint density at radius 2 is 2.13 bits per heavy atom. The molecule has 0 amide bonds. The molecular formula is C9H7ClF2O3. The van der Waals surface area contributed by atoms with Crippen molar-refractivity contribution in [1.29, 1.82) is 0 Å². The van der Waals surface area contributed by atoms with Gasteiger partial charge in [-0.25, -0.2) is 13.6 Å². The summed E-state index contributed by atoms with van der Waals surface area (Å²) in [5, 5.41) is 8.80. The van der Waals surface area contributed by atoms with E-state index < -0.39 is 28.7 Å². The summed E-state index contributed by atoms with van der Waals surface area (Å²) in [6, 6.07) is 1.64. The minimum Gasteiger partial charge on any atom is -0.467 e. The van der Waals surface area contributed by atoms with Gasteiger partial charge in [0.05, 0.1) is 12.1 Å². The van der Waals surface area contributed by atoms with Gasteiger partial charge in [0, 0.05) is 0 Å². The summed E-state index contributed by atoms with van der Waals surface area (Å²) in [6.45, 7) is 0. The molecule has 1 aromatic rings. The van der Waals surface area contributed by atoms with Gasteiger partial charge in [-0.15, -0.1) is 0 Å². The number of benzene rings is 1. The van der Waals surface area contributed by atoms with Crippen LogP contribution in [0.1, 0.15) is 11.7 Å². The first-order valence-electron chi connectivity index (χ1n) is 3.87. The highest BCUT2D eigenvalue weighted by Crippen LogP contribution is 2.24. The maximum Gasteiger partial charge on any atom is 0.339 e. The lowest BCUT2D eigenvalue weighted by atomic mass is 10.1. The first-order valence-corrected chi connectivity index (χ1v) is 4.25. The van der Waals surface area contributed by atoms with Crippen LogP contribution in [0.25, 0.3) is 0 Å². The summed E-state index contributed by atoms with van der Waals surface area (Å²) in [4.78, 5) is 10.9. The first kappa shape index (κ1) is 11.9. The summed E-state index contributed by atoms with van der Waals surface area (Å²) in [5.74, 6) is -3.44. The molecule has 1 rings (SSSR count). The van der Waals surface area contributed by atoms with Gasteiger partial charge in [0.15, 0.2) is 17.7 Å². The zero-order chi connectivity index (χ0) is 11.6. The molecule has 0 radical (unpaired) electrons. The molecule has 15 heavy (non-hydrogen) atoms. The van der Waals surface area contributed by atoms with E-state index in [0.29, 0.717) is 6.07 Å². The molecule has 0 saturated heterocycles. The summed E-state index contributed by atoms with van der Waals surface area (Å²) < 4.78 is 29.8. The van der Waals surface area contributed by atoms with Crippen LogP contribution in [0.3, 0.4) is 0 Å². The molecule has 1 N–H and O–H groups in total. The van der Waals surface area contributed by atoms with Crippen LogP contribution >= 0.6 is 11.6 Å². The number of carbonyl (C=O) groups is 1. The molecule has 0 fully saturated rings. The van der Waals surface area contributed by atoms with Crippen molar-refractivity contribution in [2.45, 2.75) is 6.10 Å². The number of ether oxygens (including phenoxy) is 1. The van der Waals surface area contributed by atoms with Crippen molar-refractivity contribution in [3.05, 3.63) is 34.4 Å². The van der Waals surface area contributed by atoms with Crippen LogP contribution in [0.2, 0.25) is 5.02 Å². The molecule has 0 aliphatic carbocycles. The molecule has 0 spiro atoms. The Hall–Kier alpha value is -1.20. The van der Waals surface area contributed by atoms with Crippen LogP contribution in [0.5, 0.6) is 0 Å². The Morgan fingerprint density at radius 1 is 1.53 bits per heavy atom. The smallest absolute Gasteiger partial charge is 0.339 e. The summed E-state index contributed by atoms with van der Waals surface area (Å²) in [7, 11) is 1.06. The molecule has 3 nitrogen and oxygen atoms in total. The molecule has 1 aromatic carbocycles. The van der Waals surface area contributed by atoms with Crippen molar-refractivity contribution in [3.63, 3.8) is 0 Å². The summed E-state index contributed by atoms with van der Waals surface area (Å²) in [5.41, 5.74) is -0.161. The molecule has 0 bridgehead atoms. The average Bonchev–Trinajstić information content (AvgIpc) is 2.23. The molecule has 0 aromatic heterocycles. The molecule has 82 valence electrons. The second kappa shape index (κ2) is 4.55. The van der Waals surface area contributed by atoms with E-state index in [2.05, 4.69) is 4.74 Å². The van der Waals surface area contributed by atoms with Crippen LogP contribution in [-0.4, -0.2) is 18.2 Å². The van der Waals surface area contributed by atoms with Gasteiger partial charge in [-0.1, -0.05) is 11.6 Å². The van der Waals surface area contributed by atoms with Gasteiger partial charge in [0.1, 0.15) is 0 Å². The fourth-order valence-corrected chi connectivity index (χ4v) is 1.20. The van der Waals surface area contributed by atoms with E-state index >= 15 is 0 Å². The van der Waals surface area contributed by atoms with Crippen molar-refractivity contribution < 1.29 is 23.4 Å². The quantitative estimate of drug-likeness (QED) is 0.629. The van der Waals surface area contributed by atoms with Crippen LogP contribution in [-0.2, 0) is 9.53 Å². The van der Waals surface area contributed by atoms with Crippen LogP contribution < -0.4 is 0 Å². The third-order valence-corrected chi connectivity index (χ3v) is 2.02. The van der Waals surface area contributed by atoms with E-state index in [1.54, 1.807) is 0 Å². The molecule has 6 heteroatoms. The van der Waals surface area contributed by atoms with Gasteiger partial charge in [0.2, 0.25) is 0 Å². The van der Waals surface area contributed by atoms with E-state index in [0.717, 1.165) is 13.2 Å². The fraction of sp³-hybridized carbons (Fsp3) is 0.222. The number of halogens is 3. The SMILES string of the molecule is COC(=O)C(O)c1cc(F)c(F)c(Cl)c1. The maximum absolute atomic E-state index is 12.8. The van der Waals surface area contributed by atoms with Gasteiger partial charge in [0.25, 0.3) is 0 Å². The predicted molar refractivity (Wildman–Crippen MR) is 48.3 cm³/mol. The minimum atomic E-state index is -1.68. The van der Waals surface area contributed by atoms with E-state index in [1.807, 2.05) is 0 Å². The number of hydrogen-bond acceptors (Lipinski definition) is 3. The van der Waals surface area contributed by atoms with Gasteiger partial charge in [-0.05, 0) is 17.7 Å². The number of carbonyl (C=O) groups excluding carboxylic acids is 1. The Balaban J connectivity index is 3.11. The van der Waals surface area contributed by atoms with E-state index in [9.17, 15) is 18.7 Å². The van der Waals surface area contributed by atoms with Crippen molar-refractivity contribution in [1.82, 2.24) is 0 Å². The number of esters is 1. The second-order valence-electron chi connectivity index (χ2n) is 2.72. The van der Waals surface area contributed by atoms with Gasteiger partial charge >= 0.3 is 5.97 Å². The number of aliphatic hydroxyl groups is 1. The molecule has 0 aliphatic heterocycles. The second-order valence-corrected chi connectivity index (χ2v) is 3.13. The minimum absolute atomic E-state index is 0.161. The zero-order valence-corrected chi connectivity index (χ0v) is 8.39. The molecule has 0 aliphatic rings. The number of rotatable bonds is 2. The standard InChI is InChI=1S/C9H7ClF2O3/c1-15-9(14)8(13)4-2-5(10)7(12)6(11)3-4/h2-3,8,13H,1H3. The van der Waals surface area contributed by atoms with Crippen LogP contribution in [0.15, 0.2) is 12.1 Å². The van der Waals surface area contributed by atoms with Crippen molar-refractivity contribution in [2.75, 3.05) is 7.11 Å². The Bertz CT molecular complexity index is 372. The van der Waals surface area contributed by atoms with E-state index in [-0.39, 0.29) is 5.56 Å². The Morgan fingerprint density at radius 3 is 2.60 bits per heavy atom. The van der Waals surface area contributed by atoms with Crippen molar-refractivity contribution in [3.8, 4) is 0 Å². The maximum atomic E-state index is 12.8. The Labute approximate surface area is 89.2 Å². The van der Waals surface area contributed by atoms with Crippen molar-refractivity contribution in [2.24, 2.45) is 0 Å². The molecular weight excluding hydrogens is 230 g/mol. The fourth-order valence-electron chi connectivity index (χ4n) is 0.981. The van der Waals surface area contributed by atoms with Crippen molar-refractivity contribution >= 4 is 17.6 Å². The highest BCUT2D eigenvalue weighted by atomic mass is 35.5. The third-order valence-electron chi connectivity index (χ3n) is 1.75. The van der Waals surface area contributed by atoms with Crippen LogP contribution in [0.4, 0.5) is 8.78 Å². The number of methoxy groups -OCH3 is 1. The highest BCUT2D eigenvalue weighted by Gasteiger charge is 2.21. The first-order chi connectivity index (χ1) is 6.97. The normalized spacial score (nSPS) is 12.3. The van der Waals surface area contributed by atoms with Gasteiger partial charge < -0.3 is 9.84 Å². The number of hydrogen-bond donors (Lipinski definition) is 1. The third kappa shape index (κ3) is 2.43. The van der Waals surface area contributed by atoms with Gasteiger partial charge in [-0.2, -0.15) is 0 Å². The molecule has 1 atom stereocenters. The van der Waals surface area contributed by atoms with E-state index in [4.69, 9.17) is 11.6 Å². The van der Waals surface area contributed by atoms with E-state index in [1.165, 1.54) is 0 Å². The predicted octanol–water partition coefficient (Wildman–Crippen LogP) is 1.82. The van der Waals surface area contributed by atoms with Gasteiger partial charge in [-0.3, -0.25) is 0 Å². The summed E-state index contributed by atoms with van der Waals surface area (Å²) >= 11 is 5.33. The highest BCUT2D eigenvalue weighted by molar-refractivity contribution is 6.30. The zero-order valence-electron chi connectivity index (χ0n) is 7.63. The number of aliphatic hydroxyl groups excluding tert-OH is 1. The largest absolute Gasteiger partial charge is 0.467 e. The lowest BCUT2D eigenvalue weighted by molar-refractivity contribution is -0.150. The monoisotopic (exact) mass is 236 g/mol. The lowest BCUT2D eigenvalue weighted by Crippen LogP contribution is -2.14.